The van der Waals surface area contributed by atoms with Gasteiger partial charge in [0.15, 0.2) is 6.29 Å². The van der Waals surface area contributed by atoms with Crippen molar-refractivity contribution < 1.29 is 9.59 Å². The van der Waals surface area contributed by atoms with Crippen LogP contribution in [0.3, 0.4) is 0 Å². The Kier molecular flexibility index (Phi) is 1.69. The molecule has 3 nitrogen and oxygen atoms in total. The van der Waals surface area contributed by atoms with Crippen LogP contribution in [0.1, 0.15) is 26.3 Å². The van der Waals surface area contributed by atoms with Crippen molar-refractivity contribution in [2.24, 2.45) is 0 Å². The second-order valence-electron chi connectivity index (χ2n) is 2.90. The molecule has 1 heterocycles. The van der Waals surface area contributed by atoms with E-state index in [2.05, 4.69) is 5.32 Å². The molecular weight excluding hydrogens is 165 g/mol. The van der Waals surface area contributed by atoms with Crippen LogP contribution in [0, 0.1) is 0 Å². The van der Waals surface area contributed by atoms with E-state index >= 15 is 0 Å². The fraction of sp³-hybridized carbons (Fsp3) is 0.111. The zero-order valence-electron chi connectivity index (χ0n) is 6.83. The highest BCUT2D eigenvalue weighted by atomic mass is 16.2. The third-order valence-electron chi connectivity index (χ3n) is 2.16. The van der Waals surface area contributed by atoms with E-state index in [0.717, 1.165) is 5.56 Å². The van der Waals surface area contributed by atoms with E-state index in [1.54, 1.807) is 12.1 Å². The Bertz CT molecular complexity index is 401. The van der Waals surface area contributed by atoms with E-state index in [1.807, 2.05) is 0 Å². The predicted molar refractivity (Wildman–Crippen MR) is 48.4 cm³/mol. The molecule has 1 aromatic carbocycles. The smallest absolute Gasteiger partial charge is 0.252 e. The van der Waals surface area contributed by atoms with Crippen molar-refractivity contribution in [3.8, 4) is 0 Å². The van der Waals surface area contributed by atoms with E-state index in [-0.39, 0.29) is 5.91 Å². The molecule has 0 fully saturated rings. The molecule has 0 saturated heterocycles. The SMILES string of the molecule is [B]c1ccc(C=O)c2c1CNC2=O. The van der Waals surface area contributed by atoms with Crippen molar-refractivity contribution >= 4 is 25.5 Å². The number of carbonyl (C=O) groups is 2. The van der Waals surface area contributed by atoms with Crippen LogP contribution < -0.4 is 10.8 Å². The van der Waals surface area contributed by atoms with Crippen molar-refractivity contribution in [1.29, 1.82) is 0 Å². The van der Waals surface area contributed by atoms with Gasteiger partial charge in [-0.25, -0.2) is 0 Å². The van der Waals surface area contributed by atoms with Gasteiger partial charge < -0.3 is 5.32 Å². The molecule has 0 atom stereocenters. The highest BCUT2D eigenvalue weighted by Crippen LogP contribution is 2.16. The van der Waals surface area contributed by atoms with Gasteiger partial charge in [0.2, 0.25) is 0 Å². The number of hydrogen-bond donors (Lipinski definition) is 1. The maximum atomic E-state index is 11.3. The molecule has 13 heavy (non-hydrogen) atoms. The lowest BCUT2D eigenvalue weighted by Gasteiger charge is -2.02. The van der Waals surface area contributed by atoms with Gasteiger partial charge in [-0.1, -0.05) is 17.6 Å². The lowest BCUT2D eigenvalue weighted by molar-refractivity contribution is 0.0960. The quantitative estimate of drug-likeness (QED) is 0.458. The minimum absolute atomic E-state index is 0.218. The van der Waals surface area contributed by atoms with Crippen LogP contribution in [0.5, 0.6) is 0 Å². The molecule has 1 N–H and O–H groups in total. The van der Waals surface area contributed by atoms with Gasteiger partial charge in [0, 0.05) is 12.1 Å². The summed E-state index contributed by atoms with van der Waals surface area (Å²) in [5, 5.41) is 2.62. The van der Waals surface area contributed by atoms with Crippen LogP contribution in [-0.4, -0.2) is 20.0 Å². The molecule has 4 heteroatoms. The molecule has 1 aliphatic heterocycles. The monoisotopic (exact) mass is 171 g/mol. The first-order valence-corrected chi connectivity index (χ1v) is 3.88. The third kappa shape index (κ3) is 1.06. The number of carbonyl (C=O) groups excluding carboxylic acids is 2. The Labute approximate surface area is 76.5 Å². The molecule has 1 aliphatic rings. The summed E-state index contributed by atoms with van der Waals surface area (Å²) in [6.45, 7) is 0.418. The van der Waals surface area contributed by atoms with E-state index in [9.17, 15) is 9.59 Å². The molecule has 62 valence electrons. The summed E-state index contributed by atoms with van der Waals surface area (Å²) in [7, 11) is 5.65. The highest BCUT2D eigenvalue weighted by Gasteiger charge is 2.23. The van der Waals surface area contributed by atoms with E-state index in [1.165, 1.54) is 0 Å². The molecular formula is C9H6BNO2. The van der Waals surface area contributed by atoms with Crippen LogP contribution in [0.4, 0.5) is 0 Å². The van der Waals surface area contributed by atoms with Crippen LogP contribution in [0.2, 0.25) is 0 Å². The van der Waals surface area contributed by atoms with Crippen LogP contribution in [0.25, 0.3) is 0 Å². The average Bonchev–Trinajstić information content (AvgIpc) is 2.51. The summed E-state index contributed by atoms with van der Waals surface area (Å²) in [6, 6.07) is 3.20. The van der Waals surface area contributed by atoms with Gasteiger partial charge in [-0.15, -0.1) is 0 Å². The van der Waals surface area contributed by atoms with Gasteiger partial charge >= 0.3 is 0 Å². The van der Waals surface area contributed by atoms with Gasteiger partial charge in [0.1, 0.15) is 7.85 Å². The third-order valence-corrected chi connectivity index (χ3v) is 2.16. The zero-order chi connectivity index (χ0) is 9.42. The molecule has 0 bridgehead atoms. The average molecular weight is 171 g/mol. The molecule has 0 unspecified atom stereocenters. The van der Waals surface area contributed by atoms with Crippen LogP contribution in [0.15, 0.2) is 12.1 Å². The Hall–Kier alpha value is -1.58. The molecule has 0 saturated carbocycles. The summed E-state index contributed by atoms with van der Waals surface area (Å²) in [4.78, 5) is 21.9. The Balaban J connectivity index is 2.73. The normalized spacial score (nSPS) is 13.7. The van der Waals surface area contributed by atoms with E-state index in [4.69, 9.17) is 7.85 Å². The van der Waals surface area contributed by atoms with Crippen molar-refractivity contribution in [3.63, 3.8) is 0 Å². The summed E-state index contributed by atoms with van der Waals surface area (Å²) in [5.74, 6) is -0.218. The number of amides is 1. The summed E-state index contributed by atoms with van der Waals surface area (Å²) < 4.78 is 0. The van der Waals surface area contributed by atoms with Crippen LogP contribution >= 0.6 is 0 Å². The predicted octanol–water partition coefficient (Wildman–Crippen LogP) is -0.464. The van der Waals surface area contributed by atoms with Crippen molar-refractivity contribution in [3.05, 3.63) is 28.8 Å². The summed E-state index contributed by atoms with van der Waals surface area (Å²) in [6.07, 6.45) is 0.670. The van der Waals surface area contributed by atoms with Gasteiger partial charge in [0.05, 0.1) is 5.56 Å². The summed E-state index contributed by atoms with van der Waals surface area (Å²) in [5.41, 5.74) is 2.11. The first-order valence-electron chi connectivity index (χ1n) is 3.88. The molecule has 2 radical (unpaired) electrons. The number of fused-ring (bicyclic) bond motifs is 1. The maximum Gasteiger partial charge on any atom is 0.252 e. The van der Waals surface area contributed by atoms with Gasteiger partial charge in [-0.3, -0.25) is 9.59 Å². The Morgan fingerprint density at radius 1 is 1.46 bits per heavy atom. The van der Waals surface area contributed by atoms with Gasteiger partial charge in [-0.05, 0) is 5.56 Å². The molecule has 0 aromatic heterocycles. The number of rotatable bonds is 1. The first kappa shape index (κ1) is 8.04. The van der Waals surface area contributed by atoms with Crippen molar-refractivity contribution in [2.45, 2.75) is 6.54 Å². The largest absolute Gasteiger partial charge is 0.348 e. The first-order chi connectivity index (χ1) is 6.24. The molecule has 2 rings (SSSR count). The van der Waals surface area contributed by atoms with Crippen molar-refractivity contribution in [1.82, 2.24) is 5.32 Å². The lowest BCUT2D eigenvalue weighted by atomic mass is 9.87. The Morgan fingerprint density at radius 3 is 2.92 bits per heavy atom. The fourth-order valence-corrected chi connectivity index (χ4v) is 1.50. The maximum absolute atomic E-state index is 11.3. The highest BCUT2D eigenvalue weighted by molar-refractivity contribution is 6.34. The molecule has 1 amide bonds. The number of benzene rings is 1. The summed E-state index contributed by atoms with van der Waals surface area (Å²) >= 11 is 0. The molecule has 0 spiro atoms. The standard InChI is InChI=1S/C9H6BNO2/c10-7-2-1-5(4-12)8-6(7)3-11-9(8)13/h1-2,4H,3H2,(H,11,13). The van der Waals surface area contributed by atoms with Crippen LogP contribution in [-0.2, 0) is 6.54 Å². The number of nitrogens with one attached hydrogen (secondary N) is 1. The lowest BCUT2D eigenvalue weighted by Crippen LogP contribution is -2.13. The fourth-order valence-electron chi connectivity index (χ4n) is 1.50. The Morgan fingerprint density at radius 2 is 2.23 bits per heavy atom. The number of hydrogen-bond acceptors (Lipinski definition) is 2. The van der Waals surface area contributed by atoms with Gasteiger partial charge in [0.25, 0.3) is 5.91 Å². The topological polar surface area (TPSA) is 46.2 Å². The minimum Gasteiger partial charge on any atom is -0.348 e. The second kappa shape index (κ2) is 2.73. The zero-order valence-corrected chi connectivity index (χ0v) is 6.83. The molecule has 1 aromatic rings. The van der Waals surface area contributed by atoms with E-state index in [0.29, 0.717) is 29.4 Å². The van der Waals surface area contributed by atoms with Crippen molar-refractivity contribution in [2.75, 3.05) is 0 Å². The number of aldehydes is 1. The van der Waals surface area contributed by atoms with E-state index < -0.39 is 0 Å². The second-order valence-corrected chi connectivity index (χ2v) is 2.90. The van der Waals surface area contributed by atoms with Gasteiger partial charge in [-0.2, -0.15) is 0 Å². The molecule has 0 aliphatic carbocycles. The minimum atomic E-state index is -0.218.